The summed E-state index contributed by atoms with van der Waals surface area (Å²) in [6, 6.07) is 125. The third kappa shape index (κ3) is 9.75. The minimum Gasteiger partial charge on any atom is -0.311 e. The van der Waals surface area contributed by atoms with Gasteiger partial charge in [-0.2, -0.15) is 0 Å². The highest BCUT2D eigenvalue weighted by Gasteiger charge is 2.44. The molecular weight excluding hydrogens is 1160 g/mol. The van der Waals surface area contributed by atoms with Gasteiger partial charge in [0.1, 0.15) is 0 Å². The topological polar surface area (TPSA) is 41.6 Å². The van der Waals surface area contributed by atoms with Gasteiger partial charge in [-0.15, -0.1) is 0 Å². The molecule has 14 aromatic carbocycles. The lowest BCUT2D eigenvalue weighted by Gasteiger charge is -2.44. The van der Waals surface area contributed by atoms with Crippen LogP contribution in [0.1, 0.15) is 0 Å². The molecule has 2 aliphatic rings. The van der Waals surface area contributed by atoms with E-state index in [1.165, 1.54) is 16.4 Å². The summed E-state index contributed by atoms with van der Waals surface area (Å²) in [5.74, 6) is 0.545. The van der Waals surface area contributed by atoms with Crippen molar-refractivity contribution in [2.45, 2.75) is 0 Å². The fourth-order valence-corrected chi connectivity index (χ4v) is 14.7. The first-order valence-corrected chi connectivity index (χ1v) is 32.6. The van der Waals surface area contributed by atoms with Crippen molar-refractivity contribution < 1.29 is 0 Å². The van der Waals surface area contributed by atoms with E-state index in [2.05, 4.69) is 316 Å². The summed E-state index contributed by atoms with van der Waals surface area (Å²) < 4.78 is 2.30. The van der Waals surface area contributed by atoms with Gasteiger partial charge in [0.15, 0.2) is 11.5 Å². The molecule has 16 aromatic rings. The van der Waals surface area contributed by atoms with Gasteiger partial charge < -0.3 is 14.4 Å². The standard InChI is InChI=1S/C89H57BN6/c1-91-72-48-71(89-92-80(63-34-16-6-17-35-63)58-81(93-89)64-36-18-7-19-37-64)53-75(57-72)94-82-41-23-20-38-76(82)77-54-65(44-45-83(77)94)70-55-86-88-87(56-70)96(74-51-68(61-30-12-4-13-31-61)47-69(52-74)62-32-14-5-15-33-62)85-43-25-22-40-79(85)90(88)78-39-21-24-42-84(78)95(86)73-49-66(59-26-8-2-9-27-59)46-67(50-73)60-28-10-3-11-29-60/h2-58H. The van der Waals surface area contributed by atoms with Gasteiger partial charge in [0.05, 0.1) is 29.0 Å². The lowest BCUT2D eigenvalue weighted by molar-refractivity contribution is 1.16. The van der Waals surface area contributed by atoms with Gasteiger partial charge in [0, 0.05) is 67.3 Å². The summed E-state index contributed by atoms with van der Waals surface area (Å²) >= 11 is 0. The van der Waals surface area contributed by atoms with Crippen LogP contribution in [-0.4, -0.2) is 21.2 Å². The van der Waals surface area contributed by atoms with Crippen LogP contribution in [0.25, 0.3) is 122 Å². The summed E-state index contributed by atoms with van der Waals surface area (Å²) in [5.41, 5.74) is 29.3. The van der Waals surface area contributed by atoms with Gasteiger partial charge in [0.2, 0.25) is 0 Å². The molecule has 96 heavy (non-hydrogen) atoms. The number of hydrogen-bond donors (Lipinski definition) is 0. The minimum absolute atomic E-state index is 0.103. The highest BCUT2D eigenvalue weighted by atomic mass is 15.2. The smallest absolute Gasteiger partial charge is 0.252 e. The Bertz CT molecular complexity index is 5360. The van der Waals surface area contributed by atoms with Gasteiger partial charge in [-0.25, -0.2) is 14.8 Å². The Labute approximate surface area is 558 Å². The number of rotatable bonds is 11. The zero-order valence-corrected chi connectivity index (χ0v) is 52.2. The second-order valence-electron chi connectivity index (χ2n) is 24.8. The van der Waals surface area contributed by atoms with Crippen LogP contribution in [0.2, 0.25) is 0 Å². The molecule has 0 saturated heterocycles. The molecule has 0 amide bonds. The molecule has 0 aliphatic carbocycles. The van der Waals surface area contributed by atoms with E-state index >= 15 is 0 Å². The zero-order valence-electron chi connectivity index (χ0n) is 52.2. The van der Waals surface area contributed by atoms with Gasteiger partial charge in [-0.05, 0) is 175 Å². The Balaban J connectivity index is 0.882. The first-order valence-electron chi connectivity index (χ1n) is 32.6. The number of aromatic nitrogens is 3. The molecule has 0 N–H and O–H groups in total. The largest absolute Gasteiger partial charge is 0.311 e. The third-order valence-electron chi connectivity index (χ3n) is 19.1. The van der Waals surface area contributed by atoms with E-state index in [0.29, 0.717) is 11.5 Å². The SMILES string of the molecule is [C-]#[N+]c1cc(-c2nc(-c3ccccc3)cc(-c3ccccc3)n2)cc(-n2c3ccccc3c3cc(-c4cc5c6c(c4)N(c4cc(-c7ccccc7)cc(-c7ccccc7)c4)c4ccccc4B6c4ccccc4N5c4cc(-c5ccccc5)cc(-c5ccccc5)c4)ccc32)c1. The number of para-hydroxylation sites is 3. The van der Waals surface area contributed by atoms with Crippen LogP contribution in [0, 0.1) is 6.57 Å². The van der Waals surface area contributed by atoms with Crippen molar-refractivity contribution in [1.82, 2.24) is 14.5 Å². The fraction of sp³-hybridized carbons (Fsp3) is 0. The molecule has 0 unspecified atom stereocenters. The molecule has 0 saturated carbocycles. The maximum absolute atomic E-state index is 8.53. The Morgan fingerprint density at radius 2 is 0.667 bits per heavy atom. The van der Waals surface area contributed by atoms with Gasteiger partial charge in [0.25, 0.3) is 6.71 Å². The number of benzene rings is 14. The molecule has 0 spiro atoms. The first-order chi connectivity index (χ1) is 47.5. The highest BCUT2D eigenvalue weighted by Crippen LogP contribution is 2.49. The van der Waals surface area contributed by atoms with E-state index in [1.807, 2.05) is 48.5 Å². The normalized spacial score (nSPS) is 12.1. The van der Waals surface area contributed by atoms with E-state index in [9.17, 15) is 0 Å². The average molecular weight is 1220 g/mol. The quantitative estimate of drug-likeness (QED) is 0.0956. The molecule has 0 bridgehead atoms. The van der Waals surface area contributed by atoms with E-state index < -0.39 is 0 Å². The Hall–Kier alpha value is -12.9. The van der Waals surface area contributed by atoms with Crippen LogP contribution in [0.5, 0.6) is 0 Å². The molecule has 446 valence electrons. The molecule has 7 heteroatoms. The van der Waals surface area contributed by atoms with Crippen LogP contribution in [0.4, 0.5) is 39.8 Å². The predicted molar refractivity (Wildman–Crippen MR) is 400 cm³/mol. The third-order valence-corrected chi connectivity index (χ3v) is 19.1. The summed E-state index contributed by atoms with van der Waals surface area (Å²) in [6.45, 7) is 8.43. The zero-order chi connectivity index (χ0) is 63.6. The van der Waals surface area contributed by atoms with Crippen molar-refractivity contribution in [3.63, 3.8) is 0 Å². The van der Waals surface area contributed by atoms with Crippen LogP contribution in [-0.2, 0) is 0 Å². The molecule has 2 aromatic heterocycles. The van der Waals surface area contributed by atoms with Crippen molar-refractivity contribution in [2.24, 2.45) is 0 Å². The lowest BCUT2D eigenvalue weighted by atomic mass is 9.33. The van der Waals surface area contributed by atoms with Gasteiger partial charge in [-0.1, -0.05) is 243 Å². The second kappa shape index (κ2) is 23.3. The van der Waals surface area contributed by atoms with Gasteiger partial charge >= 0.3 is 0 Å². The lowest BCUT2D eigenvalue weighted by Crippen LogP contribution is -2.61. The highest BCUT2D eigenvalue weighted by molar-refractivity contribution is 7.00. The molecule has 0 fully saturated rings. The Morgan fingerprint density at radius 3 is 1.14 bits per heavy atom. The Kier molecular flexibility index (Phi) is 13.6. The minimum atomic E-state index is -0.103. The summed E-state index contributed by atoms with van der Waals surface area (Å²) in [6.07, 6.45) is 0. The number of hydrogen-bond acceptors (Lipinski definition) is 4. The molecule has 0 radical (unpaired) electrons. The van der Waals surface area contributed by atoms with Crippen LogP contribution < -0.4 is 26.2 Å². The van der Waals surface area contributed by atoms with E-state index in [-0.39, 0.29) is 6.71 Å². The monoisotopic (exact) mass is 1220 g/mol. The van der Waals surface area contributed by atoms with E-state index in [4.69, 9.17) is 16.5 Å². The first kappa shape index (κ1) is 55.9. The molecule has 4 heterocycles. The molecule has 2 aliphatic heterocycles. The summed E-state index contributed by atoms with van der Waals surface area (Å²) in [5, 5.41) is 2.19. The molecule has 6 nitrogen and oxygen atoms in total. The van der Waals surface area contributed by atoms with Gasteiger partial charge in [-0.3, -0.25) is 0 Å². The maximum Gasteiger partial charge on any atom is 0.252 e. The van der Waals surface area contributed by atoms with E-state index in [0.717, 1.165) is 145 Å². The van der Waals surface area contributed by atoms with Crippen molar-refractivity contribution >= 4 is 84.7 Å². The van der Waals surface area contributed by atoms with E-state index in [1.54, 1.807) is 0 Å². The molecular formula is C89H57BN6. The Morgan fingerprint density at radius 1 is 0.271 bits per heavy atom. The van der Waals surface area contributed by atoms with Crippen LogP contribution >= 0.6 is 0 Å². The van der Waals surface area contributed by atoms with Crippen LogP contribution in [0.3, 0.4) is 0 Å². The summed E-state index contributed by atoms with van der Waals surface area (Å²) in [4.78, 5) is 19.7. The average Bonchev–Trinajstić information content (AvgIpc) is 0.806. The fourth-order valence-electron chi connectivity index (χ4n) is 14.7. The van der Waals surface area contributed by atoms with Crippen molar-refractivity contribution in [3.05, 3.63) is 357 Å². The number of fused-ring (bicyclic) bond motifs is 7. The maximum atomic E-state index is 8.53. The van der Waals surface area contributed by atoms with Crippen molar-refractivity contribution in [3.8, 4) is 95.2 Å². The van der Waals surface area contributed by atoms with Crippen molar-refractivity contribution in [2.75, 3.05) is 9.80 Å². The van der Waals surface area contributed by atoms with Crippen LogP contribution in [0.15, 0.2) is 346 Å². The molecule has 18 rings (SSSR count). The number of anilines is 6. The number of nitrogens with zero attached hydrogens (tertiary/aromatic N) is 6. The van der Waals surface area contributed by atoms with Crippen molar-refractivity contribution in [1.29, 1.82) is 0 Å². The molecule has 0 atom stereocenters. The summed E-state index contributed by atoms with van der Waals surface area (Å²) in [7, 11) is 0. The second-order valence-corrected chi connectivity index (χ2v) is 24.8. The predicted octanol–water partition coefficient (Wildman–Crippen LogP) is 21.5.